The van der Waals surface area contributed by atoms with Crippen molar-refractivity contribution in [1.82, 2.24) is 29.9 Å². The van der Waals surface area contributed by atoms with E-state index in [1.807, 2.05) is 43.5 Å². The van der Waals surface area contributed by atoms with Gasteiger partial charge in [0.2, 0.25) is 0 Å². The van der Waals surface area contributed by atoms with Crippen molar-refractivity contribution in [2.45, 2.75) is 39.3 Å². The van der Waals surface area contributed by atoms with Crippen LogP contribution in [0.5, 0.6) is 0 Å². The Morgan fingerprint density at radius 3 is 2.80 bits per heavy atom. The number of para-hydroxylation sites is 1. The van der Waals surface area contributed by atoms with Gasteiger partial charge in [0.1, 0.15) is 5.82 Å². The highest BCUT2D eigenvalue weighted by Crippen LogP contribution is 2.16. The lowest BCUT2D eigenvalue weighted by atomic mass is 10.1. The maximum absolute atomic E-state index is 12.6. The summed E-state index contributed by atoms with van der Waals surface area (Å²) >= 11 is 0. The normalized spacial score (nSPS) is 16.5. The summed E-state index contributed by atoms with van der Waals surface area (Å²) in [5, 5.41) is 11.8. The Hall–Kier alpha value is -2.96. The summed E-state index contributed by atoms with van der Waals surface area (Å²) in [4.78, 5) is 18.6. The van der Waals surface area contributed by atoms with Gasteiger partial charge in [0.25, 0.3) is 5.91 Å². The van der Waals surface area contributed by atoms with E-state index < -0.39 is 0 Å². The van der Waals surface area contributed by atoms with Crippen LogP contribution >= 0.6 is 0 Å². The second kappa shape index (κ2) is 6.16. The third-order valence-electron chi connectivity index (χ3n) is 4.43. The van der Waals surface area contributed by atoms with Gasteiger partial charge in [0.05, 0.1) is 17.1 Å². The Balaban J connectivity index is 1.49. The van der Waals surface area contributed by atoms with Crippen molar-refractivity contribution in [3.8, 4) is 5.69 Å². The number of nitrogens with zero attached hydrogens (tertiary/aromatic N) is 5. The highest BCUT2D eigenvalue weighted by Gasteiger charge is 2.24. The molecule has 0 unspecified atom stereocenters. The first-order chi connectivity index (χ1) is 12.1. The predicted molar refractivity (Wildman–Crippen MR) is 92.6 cm³/mol. The van der Waals surface area contributed by atoms with Gasteiger partial charge >= 0.3 is 0 Å². The molecular weight excluding hydrogens is 316 g/mol. The first kappa shape index (κ1) is 15.6. The smallest absolute Gasteiger partial charge is 0.274 e. The number of imidazole rings is 1. The van der Waals surface area contributed by atoms with Gasteiger partial charge in [-0.15, -0.1) is 5.10 Å². The zero-order valence-electron chi connectivity index (χ0n) is 14.3. The molecule has 0 bridgehead atoms. The molecule has 7 heteroatoms. The molecule has 25 heavy (non-hydrogen) atoms. The van der Waals surface area contributed by atoms with E-state index in [1.165, 1.54) is 4.80 Å². The van der Waals surface area contributed by atoms with Crippen LogP contribution in [0.25, 0.3) is 5.69 Å². The number of nitrogens with one attached hydrogen (secondary N) is 1. The molecule has 0 saturated carbocycles. The molecule has 7 nitrogen and oxygen atoms in total. The van der Waals surface area contributed by atoms with Crippen molar-refractivity contribution in [2.24, 2.45) is 0 Å². The van der Waals surface area contributed by atoms with E-state index in [4.69, 9.17) is 0 Å². The molecule has 0 spiro atoms. The largest absolute Gasteiger partial charge is 0.346 e. The summed E-state index contributed by atoms with van der Waals surface area (Å²) in [6, 6.07) is 9.66. The Bertz CT molecular complexity index is 911. The minimum Gasteiger partial charge on any atom is -0.346 e. The molecule has 1 atom stereocenters. The number of benzene rings is 1. The van der Waals surface area contributed by atoms with Gasteiger partial charge in [-0.1, -0.05) is 18.2 Å². The predicted octanol–water partition coefficient (Wildman–Crippen LogP) is 1.83. The highest BCUT2D eigenvalue weighted by molar-refractivity contribution is 5.93. The third-order valence-corrected chi connectivity index (χ3v) is 4.43. The van der Waals surface area contributed by atoms with E-state index in [2.05, 4.69) is 25.1 Å². The Labute approximate surface area is 145 Å². The van der Waals surface area contributed by atoms with Gasteiger partial charge in [-0.2, -0.15) is 9.90 Å². The van der Waals surface area contributed by atoms with Crippen LogP contribution in [0.1, 0.15) is 34.1 Å². The summed E-state index contributed by atoms with van der Waals surface area (Å²) in [6.07, 6.45) is 3.78. The number of aromatic nitrogens is 5. The Morgan fingerprint density at radius 1 is 1.20 bits per heavy atom. The molecule has 3 heterocycles. The monoisotopic (exact) mass is 336 g/mol. The van der Waals surface area contributed by atoms with E-state index >= 15 is 0 Å². The fourth-order valence-corrected chi connectivity index (χ4v) is 3.22. The third kappa shape index (κ3) is 3.05. The van der Waals surface area contributed by atoms with Crippen LogP contribution in [-0.4, -0.2) is 36.5 Å². The lowest BCUT2D eigenvalue weighted by molar-refractivity contribution is 0.0921. The molecule has 0 fully saturated rings. The maximum Gasteiger partial charge on any atom is 0.274 e. The van der Waals surface area contributed by atoms with E-state index in [9.17, 15) is 4.79 Å². The van der Waals surface area contributed by atoms with Gasteiger partial charge in [0.15, 0.2) is 5.69 Å². The van der Waals surface area contributed by atoms with Crippen molar-refractivity contribution < 1.29 is 4.79 Å². The molecule has 0 saturated heterocycles. The van der Waals surface area contributed by atoms with E-state index in [0.29, 0.717) is 11.4 Å². The molecule has 2 aromatic heterocycles. The minimum absolute atomic E-state index is 0.0786. The number of amides is 1. The van der Waals surface area contributed by atoms with Crippen molar-refractivity contribution in [3.05, 3.63) is 59.4 Å². The number of hydrogen-bond donors (Lipinski definition) is 1. The van der Waals surface area contributed by atoms with Crippen LogP contribution in [0.4, 0.5) is 0 Å². The first-order valence-corrected chi connectivity index (χ1v) is 8.43. The Morgan fingerprint density at radius 2 is 2.00 bits per heavy atom. The van der Waals surface area contributed by atoms with Crippen LogP contribution in [-0.2, 0) is 13.0 Å². The van der Waals surface area contributed by atoms with Crippen molar-refractivity contribution in [2.75, 3.05) is 0 Å². The summed E-state index contributed by atoms with van der Waals surface area (Å²) < 4.78 is 2.12. The SMILES string of the molecule is Cc1cn2c(n1)CC[C@H](NC(=O)c1nn(-c3ccccc3)nc1C)C2. The molecule has 1 aromatic carbocycles. The molecular formula is C18H20N6O. The van der Waals surface area contributed by atoms with Crippen LogP contribution in [0.3, 0.4) is 0 Å². The number of fused-ring (bicyclic) bond motifs is 1. The Kier molecular flexibility index (Phi) is 3.83. The molecule has 0 aliphatic carbocycles. The van der Waals surface area contributed by atoms with Crippen LogP contribution in [0.15, 0.2) is 36.5 Å². The summed E-state index contributed by atoms with van der Waals surface area (Å²) in [5.41, 5.74) is 2.84. The lowest BCUT2D eigenvalue weighted by Gasteiger charge is -2.24. The summed E-state index contributed by atoms with van der Waals surface area (Å²) in [6.45, 7) is 4.54. The van der Waals surface area contributed by atoms with Crippen molar-refractivity contribution in [3.63, 3.8) is 0 Å². The van der Waals surface area contributed by atoms with Crippen LogP contribution in [0.2, 0.25) is 0 Å². The van der Waals surface area contributed by atoms with Gasteiger partial charge in [-0.3, -0.25) is 4.79 Å². The molecule has 1 aliphatic heterocycles. The fourth-order valence-electron chi connectivity index (χ4n) is 3.22. The van der Waals surface area contributed by atoms with E-state index in [0.717, 1.165) is 36.6 Å². The molecule has 128 valence electrons. The van der Waals surface area contributed by atoms with Gasteiger partial charge in [0, 0.05) is 25.2 Å². The number of carbonyl (C=O) groups is 1. The summed E-state index contributed by atoms with van der Waals surface area (Å²) in [7, 11) is 0. The van der Waals surface area contributed by atoms with E-state index in [-0.39, 0.29) is 11.9 Å². The molecule has 0 radical (unpaired) electrons. The number of aryl methyl sites for hydroxylation is 3. The number of hydrogen-bond acceptors (Lipinski definition) is 4. The fraction of sp³-hybridized carbons (Fsp3) is 0.333. The molecule has 1 amide bonds. The van der Waals surface area contributed by atoms with E-state index in [1.54, 1.807) is 6.92 Å². The number of carbonyl (C=O) groups excluding carboxylic acids is 1. The van der Waals surface area contributed by atoms with Gasteiger partial charge in [-0.05, 0) is 32.4 Å². The van der Waals surface area contributed by atoms with Crippen LogP contribution in [0, 0.1) is 13.8 Å². The average Bonchev–Trinajstić information content (AvgIpc) is 3.17. The molecule has 1 aliphatic rings. The maximum atomic E-state index is 12.6. The molecule has 3 aromatic rings. The van der Waals surface area contributed by atoms with Gasteiger partial charge < -0.3 is 9.88 Å². The quantitative estimate of drug-likeness (QED) is 0.791. The lowest BCUT2D eigenvalue weighted by Crippen LogP contribution is -2.41. The topological polar surface area (TPSA) is 77.6 Å². The second-order valence-electron chi connectivity index (χ2n) is 6.42. The van der Waals surface area contributed by atoms with Crippen LogP contribution < -0.4 is 5.32 Å². The van der Waals surface area contributed by atoms with Crippen molar-refractivity contribution >= 4 is 5.91 Å². The minimum atomic E-state index is -0.176. The summed E-state index contributed by atoms with van der Waals surface area (Å²) in [5.74, 6) is 0.916. The first-order valence-electron chi connectivity index (χ1n) is 8.43. The van der Waals surface area contributed by atoms with Gasteiger partial charge in [-0.25, -0.2) is 4.98 Å². The molecule has 4 rings (SSSR count). The number of rotatable bonds is 3. The zero-order valence-corrected chi connectivity index (χ0v) is 14.3. The van der Waals surface area contributed by atoms with Crippen molar-refractivity contribution in [1.29, 1.82) is 0 Å². The average molecular weight is 336 g/mol. The second-order valence-corrected chi connectivity index (χ2v) is 6.42. The standard InChI is InChI=1S/C18H20N6O/c1-12-10-23-11-14(8-9-16(23)19-12)20-18(25)17-13(2)21-24(22-17)15-6-4-3-5-7-15/h3-7,10,14H,8-9,11H2,1-2H3,(H,20,25)/t14-/m0/s1. The molecule has 1 N–H and O–H groups in total. The zero-order chi connectivity index (χ0) is 17.4. The highest BCUT2D eigenvalue weighted by atomic mass is 16.2.